The lowest BCUT2D eigenvalue weighted by atomic mass is 10.1. The number of nitrogens with zero attached hydrogens (tertiary/aromatic N) is 2. The Kier molecular flexibility index (Phi) is 5.08. The molecule has 8 heteroatoms. The van der Waals surface area contributed by atoms with Crippen LogP contribution >= 0.6 is 11.3 Å². The molecule has 3 N–H and O–H groups in total. The van der Waals surface area contributed by atoms with Gasteiger partial charge in [-0.25, -0.2) is 23.5 Å². The minimum absolute atomic E-state index is 0.117. The molecule has 0 aliphatic rings. The second-order valence-electron chi connectivity index (χ2n) is 6.29. The largest absolute Gasteiger partial charge is 0.369 e. The summed E-state index contributed by atoms with van der Waals surface area (Å²) in [4.78, 5) is 9.49. The standard InChI is InChI=1S/C20H18N4O2S2/c21-28(25,26)16-7-5-14(6-8-16)9-11-22-20-17-3-1-2-4-18(17)23-19(24-20)15-10-12-27-13-15/h1-8,10,12-13H,9,11H2,(H2,21,25,26)(H,22,23,24). The molecule has 142 valence electrons. The van der Waals surface area contributed by atoms with Crippen molar-refractivity contribution in [2.45, 2.75) is 11.3 Å². The number of aromatic nitrogens is 2. The van der Waals surface area contributed by atoms with Crippen molar-refractivity contribution < 1.29 is 8.42 Å². The number of fused-ring (bicyclic) bond motifs is 1. The Morgan fingerprint density at radius 1 is 1.00 bits per heavy atom. The molecule has 4 aromatic rings. The molecule has 0 aliphatic heterocycles. The van der Waals surface area contributed by atoms with Gasteiger partial charge in [-0.15, -0.1) is 0 Å². The first kappa shape index (κ1) is 18.5. The lowest BCUT2D eigenvalue weighted by Crippen LogP contribution is -2.12. The highest BCUT2D eigenvalue weighted by Crippen LogP contribution is 2.26. The molecule has 2 heterocycles. The Morgan fingerprint density at radius 3 is 2.50 bits per heavy atom. The molecular formula is C20H18N4O2S2. The van der Waals surface area contributed by atoms with E-state index in [1.165, 1.54) is 12.1 Å². The number of nitrogens with two attached hydrogens (primary N) is 1. The molecule has 0 atom stereocenters. The average Bonchev–Trinajstić information content (AvgIpc) is 3.22. The summed E-state index contributed by atoms with van der Waals surface area (Å²) in [5.74, 6) is 1.48. The summed E-state index contributed by atoms with van der Waals surface area (Å²) >= 11 is 1.61. The van der Waals surface area contributed by atoms with Crippen LogP contribution in [0.3, 0.4) is 0 Å². The van der Waals surface area contributed by atoms with Crippen LogP contribution in [0.25, 0.3) is 22.3 Å². The molecule has 0 amide bonds. The SMILES string of the molecule is NS(=O)(=O)c1ccc(CCNc2nc(-c3ccsc3)nc3ccccc23)cc1. The maximum Gasteiger partial charge on any atom is 0.238 e. The van der Waals surface area contributed by atoms with E-state index in [-0.39, 0.29) is 4.90 Å². The molecule has 0 bridgehead atoms. The quantitative estimate of drug-likeness (QED) is 0.505. The van der Waals surface area contributed by atoms with E-state index in [1.807, 2.05) is 41.1 Å². The fourth-order valence-corrected chi connectivity index (χ4v) is 4.05. The second kappa shape index (κ2) is 7.67. The molecule has 4 rings (SSSR count). The van der Waals surface area contributed by atoms with Crippen molar-refractivity contribution in [2.24, 2.45) is 5.14 Å². The smallest absolute Gasteiger partial charge is 0.238 e. The summed E-state index contributed by atoms with van der Waals surface area (Å²) in [5.41, 5.74) is 2.90. The molecule has 0 saturated heterocycles. The minimum atomic E-state index is -3.67. The first-order chi connectivity index (χ1) is 13.5. The fourth-order valence-electron chi connectivity index (χ4n) is 2.90. The van der Waals surface area contributed by atoms with E-state index >= 15 is 0 Å². The second-order valence-corrected chi connectivity index (χ2v) is 8.63. The van der Waals surface area contributed by atoms with E-state index in [0.717, 1.165) is 34.3 Å². The van der Waals surface area contributed by atoms with Gasteiger partial charge in [-0.1, -0.05) is 24.3 Å². The molecule has 0 radical (unpaired) electrons. The van der Waals surface area contributed by atoms with Crippen LogP contribution in [0.4, 0.5) is 5.82 Å². The lowest BCUT2D eigenvalue weighted by Gasteiger charge is -2.11. The van der Waals surface area contributed by atoms with Gasteiger partial charge < -0.3 is 5.32 Å². The lowest BCUT2D eigenvalue weighted by molar-refractivity contribution is 0.598. The van der Waals surface area contributed by atoms with Crippen molar-refractivity contribution in [3.8, 4) is 11.4 Å². The summed E-state index contributed by atoms with van der Waals surface area (Å²) in [6.07, 6.45) is 0.719. The van der Waals surface area contributed by atoms with Crippen LogP contribution < -0.4 is 10.5 Å². The Morgan fingerprint density at radius 2 is 1.79 bits per heavy atom. The molecular weight excluding hydrogens is 392 g/mol. The molecule has 0 unspecified atom stereocenters. The van der Waals surface area contributed by atoms with Gasteiger partial charge in [-0.2, -0.15) is 11.3 Å². The highest BCUT2D eigenvalue weighted by Gasteiger charge is 2.10. The molecule has 0 fully saturated rings. The zero-order valence-corrected chi connectivity index (χ0v) is 16.5. The first-order valence-electron chi connectivity index (χ1n) is 8.66. The van der Waals surface area contributed by atoms with Crippen LogP contribution in [0.15, 0.2) is 70.3 Å². The Balaban J connectivity index is 1.54. The van der Waals surface area contributed by atoms with Crippen LogP contribution in [0.1, 0.15) is 5.56 Å². The Labute approximate surface area is 167 Å². The van der Waals surface area contributed by atoms with E-state index in [9.17, 15) is 8.42 Å². The van der Waals surface area contributed by atoms with E-state index in [2.05, 4.69) is 10.3 Å². The van der Waals surface area contributed by atoms with Gasteiger partial charge in [0.15, 0.2) is 5.82 Å². The van der Waals surface area contributed by atoms with Crippen LogP contribution in [0, 0.1) is 0 Å². The van der Waals surface area contributed by atoms with Gasteiger partial charge >= 0.3 is 0 Å². The number of thiophene rings is 1. The summed E-state index contributed by atoms with van der Waals surface area (Å²) in [6.45, 7) is 0.652. The van der Waals surface area contributed by atoms with Gasteiger partial charge in [0.1, 0.15) is 5.82 Å². The van der Waals surface area contributed by atoms with Crippen molar-refractivity contribution >= 4 is 38.1 Å². The number of hydrogen-bond acceptors (Lipinski definition) is 6. The molecule has 0 saturated carbocycles. The molecule has 0 aliphatic carbocycles. The van der Waals surface area contributed by atoms with Gasteiger partial charge in [-0.3, -0.25) is 0 Å². The molecule has 0 spiro atoms. The van der Waals surface area contributed by atoms with E-state index in [4.69, 9.17) is 10.1 Å². The highest BCUT2D eigenvalue weighted by atomic mass is 32.2. The monoisotopic (exact) mass is 410 g/mol. The topological polar surface area (TPSA) is 98.0 Å². The Hall–Kier alpha value is -2.81. The van der Waals surface area contributed by atoms with Crippen LogP contribution in [0.5, 0.6) is 0 Å². The molecule has 2 aromatic heterocycles. The number of benzene rings is 2. The zero-order chi connectivity index (χ0) is 19.6. The van der Waals surface area contributed by atoms with Crippen molar-refractivity contribution in [1.29, 1.82) is 0 Å². The summed E-state index contributed by atoms with van der Waals surface area (Å²) in [7, 11) is -3.67. The van der Waals surface area contributed by atoms with Crippen LogP contribution in [-0.2, 0) is 16.4 Å². The summed E-state index contributed by atoms with van der Waals surface area (Å²) in [6, 6.07) is 16.5. The summed E-state index contributed by atoms with van der Waals surface area (Å²) in [5, 5.41) is 13.5. The third kappa shape index (κ3) is 4.04. The maximum atomic E-state index is 11.3. The van der Waals surface area contributed by atoms with Crippen LogP contribution in [-0.4, -0.2) is 24.9 Å². The van der Waals surface area contributed by atoms with Crippen molar-refractivity contribution in [1.82, 2.24) is 9.97 Å². The third-order valence-corrected chi connectivity index (χ3v) is 5.95. The molecule has 28 heavy (non-hydrogen) atoms. The number of rotatable bonds is 6. The van der Waals surface area contributed by atoms with Gasteiger partial charge in [0.25, 0.3) is 0 Å². The van der Waals surface area contributed by atoms with Gasteiger partial charge in [0.2, 0.25) is 10.0 Å². The fraction of sp³-hybridized carbons (Fsp3) is 0.100. The van der Waals surface area contributed by atoms with E-state index in [1.54, 1.807) is 23.5 Å². The van der Waals surface area contributed by atoms with E-state index < -0.39 is 10.0 Å². The number of nitrogens with one attached hydrogen (secondary N) is 1. The Bertz CT molecular complexity index is 1200. The van der Waals surface area contributed by atoms with Gasteiger partial charge in [-0.05, 0) is 47.7 Å². The maximum absolute atomic E-state index is 11.3. The molecule has 6 nitrogen and oxygen atoms in total. The average molecular weight is 411 g/mol. The third-order valence-electron chi connectivity index (χ3n) is 4.34. The minimum Gasteiger partial charge on any atom is -0.369 e. The van der Waals surface area contributed by atoms with Crippen molar-refractivity contribution in [3.05, 3.63) is 70.9 Å². The number of para-hydroxylation sites is 1. The van der Waals surface area contributed by atoms with Gasteiger partial charge in [0.05, 0.1) is 10.4 Å². The highest BCUT2D eigenvalue weighted by molar-refractivity contribution is 7.89. The number of anilines is 1. The first-order valence-corrected chi connectivity index (χ1v) is 11.1. The number of hydrogen-bond donors (Lipinski definition) is 2. The van der Waals surface area contributed by atoms with E-state index in [0.29, 0.717) is 12.4 Å². The van der Waals surface area contributed by atoms with Crippen molar-refractivity contribution in [2.75, 3.05) is 11.9 Å². The van der Waals surface area contributed by atoms with Crippen LogP contribution in [0.2, 0.25) is 0 Å². The summed E-state index contributed by atoms with van der Waals surface area (Å²) < 4.78 is 22.7. The zero-order valence-electron chi connectivity index (χ0n) is 14.9. The predicted octanol–water partition coefficient (Wildman–Crippen LogP) is 3.66. The number of primary sulfonamides is 1. The molecule has 2 aromatic carbocycles. The van der Waals surface area contributed by atoms with Gasteiger partial charge in [0, 0.05) is 22.9 Å². The normalized spacial score (nSPS) is 11.6. The predicted molar refractivity (Wildman–Crippen MR) is 113 cm³/mol. The number of sulfonamides is 1. The van der Waals surface area contributed by atoms with Crippen molar-refractivity contribution in [3.63, 3.8) is 0 Å².